The number of aliphatic imine (C=N–C) groups is 5. The maximum absolute atomic E-state index is 7.92. The van der Waals surface area contributed by atoms with E-state index in [0.29, 0.717) is 71.2 Å². The number of pyridine rings is 2. The van der Waals surface area contributed by atoms with Crippen molar-refractivity contribution in [1.29, 1.82) is 0 Å². The second-order valence-electron chi connectivity index (χ2n) is 17.7. The summed E-state index contributed by atoms with van der Waals surface area (Å²) < 4.78 is 20.4. The number of H-pyrrole nitrogens is 1. The number of hydrogen-bond donors (Lipinski definition) is 1. The average molecular weight is 850 g/mol. The molecule has 14 nitrogen and oxygen atoms in total. The van der Waals surface area contributed by atoms with Crippen LogP contribution in [0, 0.1) is 23.7 Å². The van der Waals surface area contributed by atoms with Gasteiger partial charge in [-0.3, -0.25) is 0 Å². The van der Waals surface area contributed by atoms with Gasteiger partial charge in [0.2, 0.25) is 0 Å². The van der Waals surface area contributed by atoms with Gasteiger partial charge in [0.25, 0.3) is 0 Å². The summed E-state index contributed by atoms with van der Waals surface area (Å²) in [4.78, 5) is 51.3. The molecule has 1 unspecified atom stereocenters. The van der Waals surface area contributed by atoms with Crippen molar-refractivity contribution in [3.63, 3.8) is 0 Å². The van der Waals surface area contributed by atoms with E-state index < -0.39 is 20.6 Å². The molecule has 12 rings (SSSR count). The van der Waals surface area contributed by atoms with Crippen molar-refractivity contribution >= 4 is 72.5 Å². The van der Waals surface area contributed by atoms with Crippen LogP contribution in [-0.4, -0.2) is 79.9 Å². The molecule has 4 aromatic rings. The zero-order chi connectivity index (χ0) is 39.2. The summed E-state index contributed by atoms with van der Waals surface area (Å²) in [5.74, 6) is 5.42. The van der Waals surface area contributed by atoms with Crippen molar-refractivity contribution in [2.45, 2.75) is 97.1 Å². The number of nitrogens with one attached hydrogen (secondary N) is 1. The number of fused-ring (bicyclic) bond motifs is 14. The van der Waals surface area contributed by atoms with Gasteiger partial charge in [-0.15, -0.1) is 0 Å². The molecule has 0 radical (unpaired) electrons. The Balaban J connectivity index is 1.22. The van der Waals surface area contributed by atoms with Crippen LogP contribution >= 0.6 is 0 Å². The molecular weight excluding hydrogens is 801 g/mol. The fourth-order valence-electron chi connectivity index (χ4n) is 10.4. The zero-order valence-corrected chi connectivity index (χ0v) is 35.7. The van der Waals surface area contributed by atoms with Crippen LogP contribution in [-0.2, 0) is 13.9 Å². The molecule has 2 fully saturated rings. The van der Waals surface area contributed by atoms with Gasteiger partial charge in [0.1, 0.15) is 0 Å². The van der Waals surface area contributed by atoms with Crippen LogP contribution in [0.4, 0.5) is 17.3 Å². The molecule has 10 heterocycles. The van der Waals surface area contributed by atoms with Gasteiger partial charge in [-0.2, -0.15) is 0 Å². The molecule has 59 heavy (non-hydrogen) atoms. The minimum absolute atomic E-state index is 0.377. The molecular formula is C44H48GeN12O2. The topological polar surface area (TPSA) is 155 Å². The average Bonchev–Trinajstić information content (AvgIpc) is 3.99. The summed E-state index contributed by atoms with van der Waals surface area (Å²) in [5.41, 5.74) is 7.31. The molecule has 6 aliphatic heterocycles. The third kappa shape index (κ3) is 5.76. The van der Waals surface area contributed by atoms with E-state index in [4.69, 9.17) is 52.4 Å². The van der Waals surface area contributed by atoms with Crippen LogP contribution in [0.15, 0.2) is 82.9 Å². The Kier molecular flexibility index (Phi) is 8.59. The molecule has 6 bridgehead atoms. The molecule has 4 aromatic heterocycles. The second kappa shape index (κ2) is 14.1. The Bertz CT molecular complexity index is 2700. The summed E-state index contributed by atoms with van der Waals surface area (Å²) >= 11 is -4.98. The SMILES string of the molecule is CC1CCC(C[O][Ge]2([O]CC3CCC(C)CC3)[N]3C4=Nc5[nH]c(c6c5N=CCC6)N=c5c6ncccc6c([n]52)=NC2=NC(=NC3c3ncccc34)C3=C2N=CCC3)CC1. The third-order valence-corrected chi connectivity index (χ3v) is 20.3. The number of amidine groups is 3. The van der Waals surface area contributed by atoms with Crippen LogP contribution in [0.3, 0.4) is 0 Å². The van der Waals surface area contributed by atoms with Crippen molar-refractivity contribution in [2.75, 3.05) is 13.2 Å². The summed E-state index contributed by atoms with van der Waals surface area (Å²) in [5, 5.41) is 0.852. The van der Waals surface area contributed by atoms with Gasteiger partial charge in [-0.1, -0.05) is 0 Å². The zero-order valence-electron chi connectivity index (χ0n) is 33.6. The maximum atomic E-state index is 7.92. The summed E-state index contributed by atoms with van der Waals surface area (Å²) in [6, 6.07) is 8.17. The fraction of sp³-hybridized carbons (Fsp3) is 0.477. The van der Waals surface area contributed by atoms with E-state index >= 15 is 0 Å². The van der Waals surface area contributed by atoms with E-state index in [0.717, 1.165) is 102 Å². The fourth-order valence-corrected chi connectivity index (χ4v) is 17.8. The number of aromatic amines is 1. The van der Waals surface area contributed by atoms with Gasteiger partial charge in [0.15, 0.2) is 0 Å². The van der Waals surface area contributed by atoms with Crippen LogP contribution in [0.1, 0.15) is 107 Å². The predicted octanol–water partition coefficient (Wildman–Crippen LogP) is 7.30. The predicted molar refractivity (Wildman–Crippen MR) is 229 cm³/mol. The Hall–Kier alpha value is -4.93. The van der Waals surface area contributed by atoms with Crippen LogP contribution < -0.4 is 11.0 Å². The molecule has 0 amide bonds. The standard InChI is InChI=1S/C44H48GeN12O2/c1-25-11-15-27(16-12-25)23-58-45(59-24-28-17-13-26(2)14-18-28)56-42-31-9-5-21-48-35(31)43(56)52-37-29-7-3-19-46-33(29)39(50-37)54-41-32-10-6-22-49-36(32)44(57(41)45)53-38-30-8-4-20-47-34(30)40(51-38)55-42/h5-6,9-10,19-22,25-28,43,51H,3-4,7-8,11-18,23-24H2,1-2H3. The third-order valence-electron chi connectivity index (χ3n) is 13.7. The first-order valence-electron chi connectivity index (χ1n) is 21.8. The molecule has 2 saturated carbocycles. The minimum atomic E-state index is -4.98. The molecule has 15 heteroatoms. The normalized spacial score (nSPS) is 28.9. The summed E-state index contributed by atoms with van der Waals surface area (Å²) in [6.07, 6.45) is 19.3. The molecule has 0 aromatic carbocycles. The molecule has 1 atom stereocenters. The van der Waals surface area contributed by atoms with Crippen molar-refractivity contribution in [1.82, 2.24) is 22.3 Å². The van der Waals surface area contributed by atoms with E-state index in [1.54, 1.807) is 0 Å². The van der Waals surface area contributed by atoms with E-state index in [-0.39, 0.29) is 0 Å². The van der Waals surface area contributed by atoms with E-state index in [1.807, 2.05) is 37.0 Å². The molecule has 0 spiro atoms. The van der Waals surface area contributed by atoms with E-state index in [9.17, 15) is 0 Å². The Morgan fingerprint density at radius 3 is 2.27 bits per heavy atom. The van der Waals surface area contributed by atoms with Crippen molar-refractivity contribution < 1.29 is 7.53 Å². The number of hydrogen-bond acceptors (Lipinski definition) is 12. The Morgan fingerprint density at radius 1 is 0.746 bits per heavy atom. The first-order chi connectivity index (χ1) is 29.0. The number of nitrogens with zero attached hydrogens (tertiary/aromatic N) is 11. The van der Waals surface area contributed by atoms with Crippen molar-refractivity contribution in [3.8, 4) is 0 Å². The number of aromatic nitrogens is 4. The van der Waals surface area contributed by atoms with Gasteiger partial charge >= 0.3 is 347 Å². The first kappa shape index (κ1) is 36.0. The van der Waals surface area contributed by atoms with Gasteiger partial charge in [0, 0.05) is 0 Å². The van der Waals surface area contributed by atoms with E-state index in [2.05, 4.69) is 38.3 Å². The van der Waals surface area contributed by atoms with Crippen LogP contribution in [0.2, 0.25) is 0 Å². The summed E-state index contributed by atoms with van der Waals surface area (Å²) in [6.45, 7) is 5.82. The Labute approximate surface area is 345 Å². The molecule has 300 valence electrons. The molecule has 1 N–H and O–H groups in total. The van der Waals surface area contributed by atoms with Gasteiger partial charge in [-0.25, -0.2) is 0 Å². The van der Waals surface area contributed by atoms with Gasteiger partial charge in [-0.05, 0) is 0 Å². The first-order valence-corrected chi connectivity index (χ1v) is 25.4. The van der Waals surface area contributed by atoms with Gasteiger partial charge < -0.3 is 0 Å². The van der Waals surface area contributed by atoms with Crippen LogP contribution in [0.5, 0.6) is 0 Å². The molecule has 2 aliphatic carbocycles. The molecule has 0 saturated heterocycles. The second-order valence-corrected chi connectivity index (χ2v) is 23.2. The molecule has 8 aliphatic rings. The Morgan fingerprint density at radius 2 is 1.47 bits per heavy atom. The van der Waals surface area contributed by atoms with E-state index in [1.165, 1.54) is 25.7 Å². The summed E-state index contributed by atoms with van der Waals surface area (Å²) in [7, 11) is 0. The quantitative estimate of drug-likeness (QED) is 0.202. The van der Waals surface area contributed by atoms with Crippen molar-refractivity contribution in [2.24, 2.45) is 58.6 Å². The van der Waals surface area contributed by atoms with Crippen molar-refractivity contribution in [3.05, 3.63) is 75.7 Å². The van der Waals surface area contributed by atoms with Crippen LogP contribution in [0.25, 0.3) is 10.9 Å². The number of rotatable bonds is 6. The monoisotopic (exact) mass is 850 g/mol. The van der Waals surface area contributed by atoms with Gasteiger partial charge in [0.05, 0.1) is 0 Å².